The van der Waals surface area contributed by atoms with Crippen molar-refractivity contribution >= 4 is 5.91 Å². The number of carbonyl (C=O) groups is 1. The van der Waals surface area contributed by atoms with Crippen LogP contribution in [0.3, 0.4) is 0 Å². The molecule has 3 N–H and O–H groups in total. The van der Waals surface area contributed by atoms with Crippen LogP contribution in [0.5, 0.6) is 0 Å². The standard InChI is InChI=1S/C10H20N2O/c1-8(11)10(13)12-7-9-5-3-2-4-6-9/h8-9H,2-7,11H2,1H3,(H,12,13)/t8-/m1/s1. The molecule has 3 nitrogen and oxygen atoms in total. The lowest BCUT2D eigenvalue weighted by Crippen LogP contribution is -2.40. The molecule has 0 spiro atoms. The number of hydrogen-bond donors (Lipinski definition) is 2. The van der Waals surface area contributed by atoms with Crippen LogP contribution >= 0.6 is 0 Å². The van der Waals surface area contributed by atoms with Crippen LogP contribution in [-0.2, 0) is 4.79 Å². The molecular formula is C10H20N2O. The molecule has 0 radical (unpaired) electrons. The van der Waals surface area contributed by atoms with E-state index in [9.17, 15) is 4.79 Å². The highest BCUT2D eigenvalue weighted by molar-refractivity contribution is 5.80. The molecule has 0 aliphatic heterocycles. The molecule has 13 heavy (non-hydrogen) atoms. The van der Waals surface area contributed by atoms with Gasteiger partial charge in [-0.25, -0.2) is 0 Å². The van der Waals surface area contributed by atoms with E-state index in [1.54, 1.807) is 6.92 Å². The molecular weight excluding hydrogens is 164 g/mol. The van der Waals surface area contributed by atoms with Crippen molar-refractivity contribution in [1.29, 1.82) is 0 Å². The Morgan fingerprint density at radius 2 is 2.08 bits per heavy atom. The van der Waals surface area contributed by atoms with Gasteiger partial charge in [0, 0.05) is 6.54 Å². The third-order valence-corrected chi connectivity index (χ3v) is 2.70. The highest BCUT2D eigenvalue weighted by atomic mass is 16.2. The van der Waals surface area contributed by atoms with Crippen molar-refractivity contribution in [2.45, 2.75) is 45.1 Å². The van der Waals surface area contributed by atoms with Gasteiger partial charge in [-0.1, -0.05) is 19.3 Å². The number of amides is 1. The Hall–Kier alpha value is -0.570. The Balaban J connectivity index is 2.13. The van der Waals surface area contributed by atoms with Crippen LogP contribution in [0.4, 0.5) is 0 Å². The molecule has 1 atom stereocenters. The van der Waals surface area contributed by atoms with Gasteiger partial charge in [0.1, 0.15) is 0 Å². The lowest BCUT2D eigenvalue weighted by Gasteiger charge is -2.22. The number of nitrogens with two attached hydrogens (primary N) is 1. The first kappa shape index (κ1) is 10.5. The second-order valence-electron chi connectivity index (χ2n) is 4.04. The fourth-order valence-electron chi connectivity index (χ4n) is 1.80. The molecule has 1 fully saturated rings. The minimum Gasteiger partial charge on any atom is -0.354 e. The van der Waals surface area contributed by atoms with E-state index in [0.717, 1.165) is 6.54 Å². The van der Waals surface area contributed by atoms with Crippen molar-refractivity contribution in [2.75, 3.05) is 6.54 Å². The first-order valence-electron chi connectivity index (χ1n) is 5.23. The number of nitrogens with one attached hydrogen (secondary N) is 1. The van der Waals surface area contributed by atoms with E-state index in [-0.39, 0.29) is 11.9 Å². The SMILES string of the molecule is C[C@@H](N)C(=O)NCC1CCCCC1. The molecule has 3 heteroatoms. The van der Waals surface area contributed by atoms with Gasteiger partial charge in [-0.3, -0.25) is 4.79 Å². The summed E-state index contributed by atoms with van der Waals surface area (Å²) < 4.78 is 0. The number of rotatable bonds is 3. The van der Waals surface area contributed by atoms with Gasteiger partial charge in [0.25, 0.3) is 0 Å². The zero-order valence-corrected chi connectivity index (χ0v) is 8.38. The van der Waals surface area contributed by atoms with Crippen LogP contribution in [0.2, 0.25) is 0 Å². The van der Waals surface area contributed by atoms with Crippen molar-refractivity contribution in [3.8, 4) is 0 Å². The van der Waals surface area contributed by atoms with Crippen molar-refractivity contribution < 1.29 is 4.79 Å². The van der Waals surface area contributed by atoms with Crippen LogP contribution < -0.4 is 11.1 Å². The molecule has 1 rings (SSSR count). The van der Waals surface area contributed by atoms with Gasteiger partial charge in [0.05, 0.1) is 6.04 Å². The molecule has 0 aromatic rings. The molecule has 1 saturated carbocycles. The summed E-state index contributed by atoms with van der Waals surface area (Å²) in [4.78, 5) is 11.1. The van der Waals surface area contributed by atoms with Crippen molar-refractivity contribution in [3.63, 3.8) is 0 Å². The molecule has 0 saturated heterocycles. The maximum Gasteiger partial charge on any atom is 0.236 e. The Bertz CT molecular complexity index is 162. The smallest absolute Gasteiger partial charge is 0.236 e. The van der Waals surface area contributed by atoms with Gasteiger partial charge in [-0.05, 0) is 25.7 Å². The van der Waals surface area contributed by atoms with Gasteiger partial charge in [-0.2, -0.15) is 0 Å². The first-order valence-corrected chi connectivity index (χ1v) is 5.23. The third-order valence-electron chi connectivity index (χ3n) is 2.70. The van der Waals surface area contributed by atoms with Crippen LogP contribution in [-0.4, -0.2) is 18.5 Å². The Morgan fingerprint density at radius 1 is 1.46 bits per heavy atom. The Labute approximate surface area is 80.1 Å². The minimum atomic E-state index is -0.372. The summed E-state index contributed by atoms with van der Waals surface area (Å²) in [5.74, 6) is 0.669. The summed E-state index contributed by atoms with van der Waals surface area (Å²) >= 11 is 0. The summed E-state index contributed by atoms with van der Waals surface area (Å²) in [6, 6.07) is -0.372. The van der Waals surface area contributed by atoms with E-state index in [2.05, 4.69) is 5.32 Å². The number of carbonyl (C=O) groups excluding carboxylic acids is 1. The fraction of sp³-hybridized carbons (Fsp3) is 0.900. The molecule has 0 aromatic heterocycles. The maximum absolute atomic E-state index is 11.1. The lowest BCUT2D eigenvalue weighted by atomic mass is 9.89. The van der Waals surface area contributed by atoms with E-state index in [1.165, 1.54) is 32.1 Å². The largest absolute Gasteiger partial charge is 0.354 e. The summed E-state index contributed by atoms with van der Waals surface area (Å²) in [5, 5.41) is 2.89. The second-order valence-corrected chi connectivity index (χ2v) is 4.04. The molecule has 0 unspecified atom stereocenters. The molecule has 0 aromatic carbocycles. The van der Waals surface area contributed by atoms with Gasteiger partial charge >= 0.3 is 0 Å². The number of hydrogen-bond acceptors (Lipinski definition) is 2. The van der Waals surface area contributed by atoms with Crippen molar-refractivity contribution in [3.05, 3.63) is 0 Å². The molecule has 1 aliphatic carbocycles. The average molecular weight is 184 g/mol. The fourth-order valence-corrected chi connectivity index (χ4v) is 1.80. The highest BCUT2D eigenvalue weighted by Gasteiger charge is 2.15. The first-order chi connectivity index (χ1) is 6.20. The van der Waals surface area contributed by atoms with Gasteiger partial charge in [-0.15, -0.1) is 0 Å². The van der Waals surface area contributed by atoms with Gasteiger partial charge in [0.2, 0.25) is 5.91 Å². The predicted octanol–water partition coefficient (Wildman–Crippen LogP) is 1.03. The second kappa shape index (κ2) is 5.22. The van der Waals surface area contributed by atoms with Crippen LogP contribution in [0, 0.1) is 5.92 Å². The molecule has 1 amide bonds. The van der Waals surface area contributed by atoms with Crippen LogP contribution in [0.25, 0.3) is 0 Å². The minimum absolute atomic E-state index is 0.0226. The lowest BCUT2D eigenvalue weighted by molar-refractivity contribution is -0.122. The normalized spacial score (nSPS) is 21.1. The van der Waals surface area contributed by atoms with Crippen LogP contribution in [0.1, 0.15) is 39.0 Å². The van der Waals surface area contributed by atoms with Crippen LogP contribution in [0.15, 0.2) is 0 Å². The van der Waals surface area contributed by atoms with E-state index < -0.39 is 0 Å². The average Bonchev–Trinajstić information content (AvgIpc) is 2.15. The summed E-state index contributed by atoms with van der Waals surface area (Å²) in [7, 11) is 0. The maximum atomic E-state index is 11.1. The van der Waals surface area contributed by atoms with Gasteiger partial charge in [0.15, 0.2) is 0 Å². The Kier molecular flexibility index (Phi) is 4.22. The summed E-state index contributed by atoms with van der Waals surface area (Å²) in [5.41, 5.74) is 5.44. The zero-order chi connectivity index (χ0) is 9.68. The monoisotopic (exact) mass is 184 g/mol. The van der Waals surface area contributed by atoms with E-state index in [1.807, 2.05) is 0 Å². The quantitative estimate of drug-likeness (QED) is 0.688. The summed E-state index contributed by atoms with van der Waals surface area (Å²) in [6.45, 7) is 2.54. The topological polar surface area (TPSA) is 55.1 Å². The molecule has 0 bridgehead atoms. The van der Waals surface area contributed by atoms with E-state index in [4.69, 9.17) is 5.73 Å². The predicted molar refractivity (Wildman–Crippen MR) is 53.2 cm³/mol. The zero-order valence-electron chi connectivity index (χ0n) is 8.38. The van der Waals surface area contributed by atoms with Crippen molar-refractivity contribution in [1.82, 2.24) is 5.32 Å². The van der Waals surface area contributed by atoms with E-state index >= 15 is 0 Å². The highest BCUT2D eigenvalue weighted by Crippen LogP contribution is 2.22. The van der Waals surface area contributed by atoms with E-state index in [0.29, 0.717) is 5.92 Å². The summed E-state index contributed by atoms with van der Waals surface area (Å²) in [6.07, 6.45) is 6.52. The molecule has 0 heterocycles. The van der Waals surface area contributed by atoms with Crippen molar-refractivity contribution in [2.24, 2.45) is 11.7 Å². The van der Waals surface area contributed by atoms with Gasteiger partial charge < -0.3 is 11.1 Å². The molecule has 1 aliphatic rings. The molecule has 76 valence electrons. The third kappa shape index (κ3) is 3.77. The Morgan fingerprint density at radius 3 is 2.62 bits per heavy atom.